The third kappa shape index (κ3) is 3.23. The maximum atomic E-state index is 12.9. The standard InChI is InChI=1S/C25H24O6/c1-24(2)7-5-13-9-16(23-15(22(13)30-24)6-8-25(3,4)31-23)19-12-18(28)21-17(27)10-14(26)11-20(21)29-19/h5-11,19,26-27H,12H2,1-4H3. The number of carbonyl (C=O) groups is 1. The zero-order valence-corrected chi connectivity index (χ0v) is 17.9. The summed E-state index contributed by atoms with van der Waals surface area (Å²) in [7, 11) is 0. The van der Waals surface area contributed by atoms with Crippen molar-refractivity contribution in [2.75, 3.05) is 0 Å². The van der Waals surface area contributed by atoms with Crippen LogP contribution in [0, 0.1) is 0 Å². The van der Waals surface area contributed by atoms with E-state index in [-0.39, 0.29) is 35.0 Å². The lowest BCUT2D eigenvalue weighted by atomic mass is 9.88. The van der Waals surface area contributed by atoms with E-state index in [2.05, 4.69) is 0 Å². The molecule has 0 radical (unpaired) electrons. The number of aromatic hydroxyl groups is 2. The van der Waals surface area contributed by atoms with Crippen LogP contribution < -0.4 is 14.2 Å². The first kappa shape index (κ1) is 19.5. The van der Waals surface area contributed by atoms with Gasteiger partial charge in [-0.25, -0.2) is 0 Å². The van der Waals surface area contributed by atoms with E-state index in [0.29, 0.717) is 5.75 Å². The van der Waals surface area contributed by atoms with E-state index in [1.165, 1.54) is 6.07 Å². The summed E-state index contributed by atoms with van der Waals surface area (Å²) < 4.78 is 18.7. The van der Waals surface area contributed by atoms with Crippen LogP contribution >= 0.6 is 0 Å². The number of ketones is 1. The van der Waals surface area contributed by atoms with Crippen LogP contribution in [0.4, 0.5) is 0 Å². The average molecular weight is 420 g/mol. The van der Waals surface area contributed by atoms with Crippen LogP contribution in [0.25, 0.3) is 12.2 Å². The minimum atomic E-state index is -0.633. The summed E-state index contributed by atoms with van der Waals surface area (Å²) in [4.78, 5) is 12.9. The Morgan fingerprint density at radius 3 is 2.35 bits per heavy atom. The molecule has 0 spiro atoms. The van der Waals surface area contributed by atoms with Crippen LogP contribution in [0.3, 0.4) is 0 Å². The Balaban J connectivity index is 1.67. The number of ether oxygens (including phenoxy) is 3. The molecular weight excluding hydrogens is 396 g/mol. The number of phenols is 2. The number of hydrogen-bond donors (Lipinski definition) is 2. The van der Waals surface area contributed by atoms with Gasteiger partial charge in [0.25, 0.3) is 0 Å². The molecule has 3 aliphatic heterocycles. The molecule has 0 saturated carbocycles. The first-order valence-electron chi connectivity index (χ1n) is 10.3. The van der Waals surface area contributed by atoms with Crippen LogP contribution in [0.2, 0.25) is 0 Å². The maximum Gasteiger partial charge on any atom is 0.174 e. The van der Waals surface area contributed by atoms with Crippen molar-refractivity contribution in [2.24, 2.45) is 0 Å². The number of hydrogen-bond acceptors (Lipinski definition) is 6. The summed E-state index contributed by atoms with van der Waals surface area (Å²) in [6.45, 7) is 7.89. The number of phenolic OH excluding ortho intramolecular Hbond substituents is 2. The molecule has 0 saturated heterocycles. The molecule has 1 unspecified atom stereocenters. The van der Waals surface area contributed by atoms with Crippen molar-refractivity contribution < 1.29 is 29.2 Å². The Morgan fingerprint density at radius 1 is 0.935 bits per heavy atom. The minimum Gasteiger partial charge on any atom is -0.508 e. The predicted octanol–water partition coefficient (Wildman–Crippen LogP) is 5.17. The summed E-state index contributed by atoms with van der Waals surface area (Å²) in [6.07, 6.45) is 7.37. The second-order valence-electron chi connectivity index (χ2n) is 9.28. The van der Waals surface area contributed by atoms with Crippen LogP contribution in [0.1, 0.15) is 67.3 Å². The van der Waals surface area contributed by atoms with Gasteiger partial charge in [-0.1, -0.05) is 6.08 Å². The van der Waals surface area contributed by atoms with Crippen LogP contribution in [0.5, 0.6) is 28.7 Å². The van der Waals surface area contributed by atoms with Gasteiger partial charge in [0.1, 0.15) is 51.6 Å². The summed E-state index contributed by atoms with van der Waals surface area (Å²) >= 11 is 0. The zero-order valence-electron chi connectivity index (χ0n) is 17.9. The SMILES string of the molecule is CC1(C)C=Cc2cc(C3CC(=O)c4c(O)cc(O)cc4O3)c3c(c2O1)C=CC(C)(C)O3. The zero-order chi connectivity index (χ0) is 22.1. The highest BCUT2D eigenvalue weighted by Crippen LogP contribution is 2.50. The molecule has 5 rings (SSSR count). The van der Waals surface area contributed by atoms with Gasteiger partial charge in [-0.15, -0.1) is 0 Å². The van der Waals surface area contributed by atoms with Gasteiger partial charge in [-0.2, -0.15) is 0 Å². The molecule has 0 aliphatic carbocycles. The van der Waals surface area contributed by atoms with Crippen molar-refractivity contribution in [1.82, 2.24) is 0 Å². The van der Waals surface area contributed by atoms with Gasteiger partial charge in [0.15, 0.2) is 5.78 Å². The molecular formula is C25H24O6. The van der Waals surface area contributed by atoms with Crippen molar-refractivity contribution >= 4 is 17.9 Å². The Hall–Kier alpha value is -3.41. The fraction of sp³-hybridized carbons (Fsp3) is 0.320. The summed E-state index contributed by atoms with van der Waals surface area (Å²) in [5, 5.41) is 20.0. The largest absolute Gasteiger partial charge is 0.508 e. The van der Waals surface area contributed by atoms with E-state index >= 15 is 0 Å². The molecule has 3 aliphatic rings. The number of fused-ring (bicyclic) bond motifs is 4. The monoisotopic (exact) mass is 420 g/mol. The number of benzene rings is 2. The molecule has 6 nitrogen and oxygen atoms in total. The summed E-state index contributed by atoms with van der Waals surface area (Å²) in [5.74, 6) is 0.789. The van der Waals surface area contributed by atoms with Gasteiger partial charge in [-0.05, 0) is 52.0 Å². The highest BCUT2D eigenvalue weighted by molar-refractivity contribution is 6.02. The second-order valence-corrected chi connectivity index (χ2v) is 9.28. The van der Waals surface area contributed by atoms with Crippen molar-refractivity contribution in [3.05, 3.63) is 52.6 Å². The van der Waals surface area contributed by atoms with E-state index < -0.39 is 17.3 Å². The van der Waals surface area contributed by atoms with E-state index in [4.69, 9.17) is 14.2 Å². The molecule has 2 N–H and O–H groups in total. The van der Waals surface area contributed by atoms with Crippen LogP contribution in [-0.2, 0) is 0 Å². The fourth-order valence-corrected chi connectivity index (χ4v) is 4.22. The lowest BCUT2D eigenvalue weighted by molar-refractivity contribution is 0.0831. The molecule has 0 aromatic heterocycles. The Labute approximate surface area is 180 Å². The number of rotatable bonds is 1. The van der Waals surface area contributed by atoms with E-state index in [9.17, 15) is 15.0 Å². The molecule has 0 fully saturated rings. The molecule has 160 valence electrons. The Morgan fingerprint density at radius 2 is 1.61 bits per heavy atom. The van der Waals surface area contributed by atoms with Gasteiger partial charge in [0.2, 0.25) is 0 Å². The third-order valence-corrected chi connectivity index (χ3v) is 5.70. The molecule has 2 aromatic rings. The quantitative estimate of drug-likeness (QED) is 0.662. The third-order valence-electron chi connectivity index (χ3n) is 5.70. The second kappa shape index (κ2) is 6.30. The first-order valence-corrected chi connectivity index (χ1v) is 10.3. The van der Waals surface area contributed by atoms with Crippen molar-refractivity contribution in [1.29, 1.82) is 0 Å². The topological polar surface area (TPSA) is 85.2 Å². The fourth-order valence-electron chi connectivity index (χ4n) is 4.22. The van der Waals surface area contributed by atoms with Crippen molar-refractivity contribution in [3.8, 4) is 28.7 Å². The summed E-state index contributed by atoms with van der Waals surface area (Å²) in [5.41, 5.74) is 1.51. The lowest BCUT2D eigenvalue weighted by Gasteiger charge is -2.36. The Kier molecular flexibility index (Phi) is 3.97. The molecule has 0 bridgehead atoms. The molecule has 6 heteroatoms. The van der Waals surface area contributed by atoms with Crippen molar-refractivity contribution in [3.63, 3.8) is 0 Å². The summed E-state index contributed by atoms with van der Waals surface area (Å²) in [6, 6.07) is 4.42. The van der Waals surface area contributed by atoms with E-state index in [1.54, 1.807) is 0 Å². The smallest absolute Gasteiger partial charge is 0.174 e. The van der Waals surface area contributed by atoms with E-state index in [1.807, 2.05) is 58.1 Å². The molecule has 3 heterocycles. The number of carbonyl (C=O) groups excluding carboxylic acids is 1. The molecule has 0 amide bonds. The molecule has 31 heavy (non-hydrogen) atoms. The van der Waals surface area contributed by atoms with Gasteiger partial charge >= 0.3 is 0 Å². The van der Waals surface area contributed by atoms with Crippen LogP contribution in [0.15, 0.2) is 30.4 Å². The first-order chi connectivity index (χ1) is 14.5. The maximum absolute atomic E-state index is 12.9. The normalized spacial score (nSPS) is 21.8. The van der Waals surface area contributed by atoms with E-state index in [0.717, 1.165) is 28.5 Å². The number of Topliss-reactive ketones (excluding diaryl/α,β-unsaturated/α-hetero) is 1. The predicted molar refractivity (Wildman–Crippen MR) is 116 cm³/mol. The molecule has 2 aromatic carbocycles. The molecule has 1 atom stereocenters. The van der Waals surface area contributed by atoms with Gasteiger partial charge in [0.05, 0.1) is 12.0 Å². The van der Waals surface area contributed by atoms with Crippen molar-refractivity contribution in [2.45, 2.75) is 51.4 Å². The van der Waals surface area contributed by atoms with Gasteiger partial charge in [0, 0.05) is 23.3 Å². The van der Waals surface area contributed by atoms with Gasteiger partial charge < -0.3 is 24.4 Å². The van der Waals surface area contributed by atoms with Gasteiger partial charge in [-0.3, -0.25) is 4.79 Å². The average Bonchev–Trinajstić information content (AvgIpc) is 2.65. The van der Waals surface area contributed by atoms with Crippen LogP contribution in [-0.4, -0.2) is 27.2 Å². The highest BCUT2D eigenvalue weighted by atomic mass is 16.5. The minimum absolute atomic E-state index is 0.0418. The highest BCUT2D eigenvalue weighted by Gasteiger charge is 2.37. The lowest BCUT2D eigenvalue weighted by Crippen LogP contribution is -2.32. The Bertz CT molecular complexity index is 1190.